The standard InChI is InChI=1S/C34H46O3Si.C21H28O4Si.C13H18O.CH4/c1-34(2,3)38(4,5)37-29-18-11-15-27(24-29)33(36-22-21-35-28-16-7-6-8-17-28)32-26-14-12-20-31(32)30-19-10-9-13-25(30)23-26;1-21(2,3)26(4,5)25-19-13-9-10-17(16-19)20(22)24-15-14-23-18-11-7-6-8-12-18;14-13-10-5-3-7-12(13)11-6-2-1-4-9(11)8-10;/h6-8,11,15-18,24,26,31H,9-10,12-14,19-23H2,1-5H3;6-13,16H,14-15H2,1-5H3;10,12H,1-8H2;1H4/b33-32+;;;. The Hall–Kier alpha value is -5.33. The fourth-order valence-corrected chi connectivity index (χ4v) is 14.0. The van der Waals surface area contributed by atoms with Crippen LogP contribution in [0.4, 0.5) is 0 Å². The first-order valence-corrected chi connectivity index (χ1v) is 35.5. The molecule has 0 saturated heterocycles. The number of benzene rings is 4. The van der Waals surface area contributed by atoms with Gasteiger partial charge in [-0.3, -0.25) is 4.79 Å². The summed E-state index contributed by atoms with van der Waals surface area (Å²) in [7, 11) is -3.89. The normalized spacial score (nSPS) is 21.5. The van der Waals surface area contributed by atoms with Crippen molar-refractivity contribution in [2.45, 2.75) is 188 Å². The smallest absolute Gasteiger partial charge is 0.338 e. The molecule has 8 nitrogen and oxygen atoms in total. The molecular formula is C69H96O8Si2. The molecule has 0 aromatic heterocycles. The van der Waals surface area contributed by atoms with Gasteiger partial charge in [0.15, 0.2) is 0 Å². The molecule has 0 N–H and O–H groups in total. The molecule has 0 spiro atoms. The number of rotatable bonds is 15. The van der Waals surface area contributed by atoms with E-state index in [0.29, 0.717) is 60.6 Å². The topological polar surface area (TPSA) is 89.5 Å². The van der Waals surface area contributed by atoms with Crippen molar-refractivity contribution in [2.24, 2.45) is 23.7 Å². The number of para-hydroxylation sites is 2. The molecule has 10 heteroatoms. The van der Waals surface area contributed by atoms with Crippen LogP contribution in [-0.4, -0.2) is 54.8 Å². The van der Waals surface area contributed by atoms with Gasteiger partial charge in [0.25, 0.3) is 0 Å². The van der Waals surface area contributed by atoms with E-state index in [-0.39, 0.29) is 30.1 Å². The van der Waals surface area contributed by atoms with Crippen LogP contribution in [0.1, 0.15) is 168 Å². The second-order valence-electron chi connectivity index (χ2n) is 25.7. The zero-order valence-electron chi connectivity index (χ0n) is 49.1. The summed E-state index contributed by atoms with van der Waals surface area (Å²) < 4.78 is 36.6. The Labute approximate surface area is 478 Å². The summed E-state index contributed by atoms with van der Waals surface area (Å²) in [5.41, 5.74) is 9.99. The lowest BCUT2D eigenvalue weighted by atomic mass is 9.62. The Bertz CT molecular complexity index is 2740. The third-order valence-electron chi connectivity index (χ3n) is 18.2. The van der Waals surface area contributed by atoms with Gasteiger partial charge in [0.2, 0.25) is 16.6 Å². The molecule has 79 heavy (non-hydrogen) atoms. The predicted molar refractivity (Wildman–Crippen MR) is 329 cm³/mol. The summed E-state index contributed by atoms with van der Waals surface area (Å²) in [4.78, 5) is 24.3. The van der Waals surface area contributed by atoms with Gasteiger partial charge in [-0.15, -0.1) is 0 Å². The molecule has 4 unspecified atom stereocenters. The van der Waals surface area contributed by atoms with Crippen molar-refractivity contribution < 1.29 is 37.4 Å². The van der Waals surface area contributed by atoms with Crippen molar-refractivity contribution in [1.29, 1.82) is 0 Å². The first-order chi connectivity index (χ1) is 37.3. The molecule has 0 heterocycles. The van der Waals surface area contributed by atoms with E-state index in [0.717, 1.165) is 41.4 Å². The maximum Gasteiger partial charge on any atom is 0.338 e. The van der Waals surface area contributed by atoms with Crippen molar-refractivity contribution in [1.82, 2.24) is 0 Å². The Kier molecular flexibility index (Phi) is 21.3. The van der Waals surface area contributed by atoms with E-state index >= 15 is 0 Å². The predicted octanol–water partition coefficient (Wildman–Crippen LogP) is 18.8. The molecule has 0 aliphatic heterocycles. The number of hydrogen-bond donors (Lipinski definition) is 0. The van der Waals surface area contributed by atoms with Gasteiger partial charge in [0.1, 0.15) is 61.0 Å². The number of ketones is 1. The van der Waals surface area contributed by atoms with Crippen LogP contribution in [0.2, 0.25) is 36.3 Å². The number of Topliss-reactive ketones (excluding diaryl/α,β-unsaturated/α-hetero) is 1. The number of esters is 1. The van der Waals surface area contributed by atoms with Crippen LogP contribution < -0.4 is 18.3 Å². The summed E-state index contributed by atoms with van der Waals surface area (Å²) in [5.74, 6) is 6.58. The Morgan fingerprint density at radius 2 is 0.937 bits per heavy atom. The quantitative estimate of drug-likeness (QED) is 0.0382. The van der Waals surface area contributed by atoms with E-state index in [1.165, 1.54) is 89.9 Å². The molecule has 6 aliphatic rings. The molecule has 4 bridgehead atoms. The summed E-state index contributed by atoms with van der Waals surface area (Å²) in [6, 6.07) is 35.4. The molecule has 0 radical (unpaired) electrons. The van der Waals surface area contributed by atoms with Gasteiger partial charge in [-0.2, -0.15) is 0 Å². The maximum absolute atomic E-state index is 12.2. The lowest BCUT2D eigenvalue weighted by Gasteiger charge is -2.43. The van der Waals surface area contributed by atoms with Gasteiger partial charge < -0.3 is 27.8 Å². The molecule has 4 aromatic carbocycles. The molecule has 0 amide bonds. The number of allylic oxidation sites excluding steroid dienone is 5. The monoisotopic (exact) mass is 1110 g/mol. The van der Waals surface area contributed by atoms with Crippen molar-refractivity contribution in [2.75, 3.05) is 26.4 Å². The number of carbonyl (C=O) groups excluding carboxylic acids is 2. The average Bonchev–Trinajstić information content (AvgIpc) is 3.55. The summed E-state index contributed by atoms with van der Waals surface area (Å²) in [5, 5.41) is 0.248. The van der Waals surface area contributed by atoms with Gasteiger partial charge in [0, 0.05) is 23.3 Å². The van der Waals surface area contributed by atoms with Crippen molar-refractivity contribution in [3.63, 3.8) is 0 Å². The van der Waals surface area contributed by atoms with Gasteiger partial charge in [-0.25, -0.2) is 4.79 Å². The Morgan fingerprint density at radius 1 is 0.494 bits per heavy atom. The highest BCUT2D eigenvalue weighted by Gasteiger charge is 2.43. The molecular weight excluding hydrogens is 1010 g/mol. The van der Waals surface area contributed by atoms with Crippen LogP contribution in [0.15, 0.2) is 137 Å². The average molecular weight is 1110 g/mol. The van der Waals surface area contributed by atoms with Crippen molar-refractivity contribution >= 4 is 34.1 Å². The molecule has 4 atom stereocenters. The van der Waals surface area contributed by atoms with Crippen LogP contribution in [0.25, 0.3) is 5.76 Å². The van der Waals surface area contributed by atoms with Crippen LogP contribution in [0.3, 0.4) is 0 Å². The van der Waals surface area contributed by atoms with Gasteiger partial charge in [-0.05, 0) is 192 Å². The minimum absolute atomic E-state index is 0. The zero-order valence-corrected chi connectivity index (χ0v) is 51.1. The second-order valence-corrected chi connectivity index (χ2v) is 35.2. The Morgan fingerprint density at radius 3 is 1.48 bits per heavy atom. The highest BCUT2D eigenvalue weighted by atomic mass is 28.4. The zero-order chi connectivity index (χ0) is 55.5. The first kappa shape index (κ1) is 61.3. The third-order valence-corrected chi connectivity index (χ3v) is 26.9. The SMILES string of the molecule is C.CC(C)(C)[Si](C)(C)Oc1cccc(/C(OCCOc2ccccc2)=C2/C3CCCC2C2=C(CCCC2)C3)c1.CC(C)(C)[Si](C)(C)Oc1cccc(C(=O)OCCOc2ccccc2)c1.O=C1C2CCCC1C1=C(CCCC1)C2. The van der Waals surface area contributed by atoms with Crippen LogP contribution in [-0.2, 0) is 14.3 Å². The van der Waals surface area contributed by atoms with Crippen molar-refractivity contribution in [3.05, 3.63) is 148 Å². The largest absolute Gasteiger partial charge is 0.543 e. The van der Waals surface area contributed by atoms with Crippen LogP contribution in [0, 0.1) is 23.7 Å². The number of hydrogen-bond acceptors (Lipinski definition) is 8. The fourth-order valence-electron chi connectivity index (χ4n) is 12.0. The van der Waals surface area contributed by atoms with E-state index < -0.39 is 16.6 Å². The van der Waals surface area contributed by atoms with Gasteiger partial charge in [-0.1, -0.05) is 139 Å². The summed E-state index contributed by atoms with van der Waals surface area (Å²) in [6.45, 7) is 24.0. The lowest BCUT2D eigenvalue weighted by Crippen LogP contribution is -2.43. The van der Waals surface area contributed by atoms with Gasteiger partial charge >= 0.3 is 5.97 Å². The molecule has 10 rings (SSSR count). The molecule has 428 valence electrons. The van der Waals surface area contributed by atoms with E-state index in [2.05, 4.69) is 92.0 Å². The minimum atomic E-state index is -1.94. The molecule has 2 fully saturated rings. The first-order valence-electron chi connectivity index (χ1n) is 29.7. The molecule has 6 aliphatic carbocycles. The van der Waals surface area contributed by atoms with E-state index in [1.807, 2.05) is 72.8 Å². The van der Waals surface area contributed by atoms with E-state index in [9.17, 15) is 9.59 Å². The summed E-state index contributed by atoms with van der Waals surface area (Å²) >= 11 is 0. The minimum Gasteiger partial charge on any atom is -0.543 e. The van der Waals surface area contributed by atoms with Gasteiger partial charge in [0.05, 0.1) is 5.56 Å². The number of carbonyl (C=O) groups is 2. The van der Waals surface area contributed by atoms with Crippen molar-refractivity contribution in [3.8, 4) is 23.0 Å². The summed E-state index contributed by atoms with van der Waals surface area (Å²) in [6.07, 6.45) is 20.4. The number of ether oxygens (including phenoxy) is 4. The van der Waals surface area contributed by atoms with Crippen LogP contribution in [0.5, 0.6) is 23.0 Å². The number of fused-ring (bicyclic) bond motifs is 6. The van der Waals surface area contributed by atoms with Crippen LogP contribution >= 0.6 is 0 Å². The second kappa shape index (κ2) is 27.4. The highest BCUT2D eigenvalue weighted by molar-refractivity contribution is 6.75. The van der Waals surface area contributed by atoms with E-state index in [1.54, 1.807) is 40.0 Å². The third kappa shape index (κ3) is 16.0. The lowest BCUT2D eigenvalue weighted by molar-refractivity contribution is -0.128. The van der Waals surface area contributed by atoms with E-state index in [4.69, 9.17) is 27.8 Å². The Balaban J connectivity index is 0.000000189. The highest BCUT2D eigenvalue weighted by Crippen LogP contribution is 2.54. The fraction of sp³-hybridized carbons (Fsp3) is 0.536. The molecule has 2 saturated carbocycles. The maximum atomic E-state index is 12.2. The molecule has 4 aromatic rings.